The minimum Gasteiger partial charge on any atom is -0.363 e. The minimum absolute atomic E-state index is 0.0377. The zero-order valence-corrected chi connectivity index (χ0v) is 13.6. The molecule has 7 nitrogen and oxygen atoms in total. The number of rotatable bonds is 6. The molecule has 2 aromatic rings. The fraction of sp³-hybridized carbons (Fsp3) is 0.400. The number of nitrogens with zero attached hydrogens (tertiary/aromatic N) is 4. The van der Waals surface area contributed by atoms with Crippen LogP contribution in [0.15, 0.2) is 24.3 Å². The molecule has 0 fully saturated rings. The number of aryl methyl sites for hydroxylation is 2. The fourth-order valence-electron chi connectivity index (χ4n) is 2.57. The van der Waals surface area contributed by atoms with Crippen LogP contribution in [0.5, 0.6) is 0 Å². The van der Waals surface area contributed by atoms with Crippen LogP contribution in [0.4, 0.5) is 15.9 Å². The predicted octanol–water partition coefficient (Wildman–Crippen LogP) is 2.49. The highest BCUT2D eigenvalue weighted by molar-refractivity contribution is 5.59. The number of anilines is 1. The van der Waals surface area contributed by atoms with Gasteiger partial charge in [0.25, 0.3) is 0 Å². The van der Waals surface area contributed by atoms with Gasteiger partial charge in [0, 0.05) is 13.6 Å². The molecule has 1 aromatic carbocycles. The summed E-state index contributed by atoms with van der Waals surface area (Å²) in [4.78, 5) is 12.7. The zero-order chi connectivity index (χ0) is 17.1. The van der Waals surface area contributed by atoms with E-state index in [1.165, 1.54) is 16.8 Å². The smallest absolute Gasteiger partial charge is 0.333 e. The van der Waals surface area contributed by atoms with Crippen LogP contribution in [-0.2, 0) is 7.05 Å². The molecule has 1 atom stereocenters. The molecule has 0 saturated heterocycles. The molecule has 0 unspecified atom stereocenters. The predicted molar refractivity (Wildman–Crippen MR) is 85.9 cm³/mol. The standard InChI is InChI=1S/C15H20FN5O2/c1-10-14(21(22)23)15(20(4)18-10)17-9-13(19(2)3)11-6-5-7-12(16)8-11/h5-8,13,17H,9H2,1-4H3/t13-/m1/s1. The van der Waals surface area contributed by atoms with Crippen LogP contribution in [0.3, 0.4) is 0 Å². The molecule has 0 amide bonds. The third-order valence-corrected chi connectivity index (χ3v) is 3.69. The van der Waals surface area contributed by atoms with E-state index in [-0.39, 0.29) is 17.5 Å². The summed E-state index contributed by atoms with van der Waals surface area (Å²) in [5.74, 6) is 0.0347. The number of nitro groups is 1. The molecule has 0 radical (unpaired) electrons. The van der Waals surface area contributed by atoms with Crippen molar-refractivity contribution in [3.63, 3.8) is 0 Å². The topological polar surface area (TPSA) is 76.2 Å². The molecule has 23 heavy (non-hydrogen) atoms. The molecule has 1 heterocycles. The first kappa shape index (κ1) is 16.9. The van der Waals surface area contributed by atoms with Crippen LogP contribution in [0.25, 0.3) is 0 Å². The van der Waals surface area contributed by atoms with Gasteiger partial charge < -0.3 is 10.2 Å². The van der Waals surface area contributed by atoms with Gasteiger partial charge in [0.2, 0.25) is 5.82 Å². The fourth-order valence-corrected chi connectivity index (χ4v) is 2.57. The van der Waals surface area contributed by atoms with Gasteiger partial charge in [0.05, 0.1) is 11.0 Å². The van der Waals surface area contributed by atoms with Gasteiger partial charge >= 0.3 is 5.69 Å². The van der Waals surface area contributed by atoms with E-state index in [9.17, 15) is 14.5 Å². The Kier molecular flexibility index (Phi) is 4.95. The highest BCUT2D eigenvalue weighted by Gasteiger charge is 2.25. The van der Waals surface area contributed by atoms with Crippen LogP contribution in [0.2, 0.25) is 0 Å². The first-order valence-electron chi connectivity index (χ1n) is 7.15. The average Bonchev–Trinajstić information content (AvgIpc) is 2.73. The van der Waals surface area contributed by atoms with Crippen molar-refractivity contribution in [3.05, 3.63) is 51.5 Å². The summed E-state index contributed by atoms with van der Waals surface area (Å²) < 4.78 is 14.9. The molecule has 1 aromatic heterocycles. The average molecular weight is 321 g/mol. The molecule has 0 aliphatic heterocycles. The molecular weight excluding hydrogens is 301 g/mol. The quantitative estimate of drug-likeness (QED) is 0.653. The first-order chi connectivity index (χ1) is 10.8. The van der Waals surface area contributed by atoms with Gasteiger partial charge in [-0.25, -0.2) is 9.07 Å². The highest BCUT2D eigenvalue weighted by Crippen LogP contribution is 2.28. The molecule has 0 spiro atoms. The van der Waals surface area contributed by atoms with E-state index in [0.29, 0.717) is 18.1 Å². The lowest BCUT2D eigenvalue weighted by molar-refractivity contribution is -0.384. The molecule has 8 heteroatoms. The van der Waals surface area contributed by atoms with Gasteiger partial charge in [-0.15, -0.1) is 0 Å². The molecule has 2 rings (SSSR count). The summed E-state index contributed by atoms with van der Waals surface area (Å²) in [7, 11) is 5.40. The van der Waals surface area contributed by atoms with Crippen molar-refractivity contribution in [3.8, 4) is 0 Å². The minimum atomic E-state index is -0.447. The van der Waals surface area contributed by atoms with Gasteiger partial charge in [-0.1, -0.05) is 12.1 Å². The third kappa shape index (κ3) is 3.65. The Bertz CT molecular complexity index is 714. The van der Waals surface area contributed by atoms with Crippen LogP contribution in [0.1, 0.15) is 17.3 Å². The second kappa shape index (κ2) is 6.74. The maximum Gasteiger partial charge on any atom is 0.333 e. The van der Waals surface area contributed by atoms with Crippen LogP contribution >= 0.6 is 0 Å². The molecule has 0 saturated carbocycles. The second-order valence-electron chi connectivity index (χ2n) is 5.58. The highest BCUT2D eigenvalue weighted by atomic mass is 19.1. The zero-order valence-electron chi connectivity index (χ0n) is 13.6. The second-order valence-corrected chi connectivity index (χ2v) is 5.58. The van der Waals surface area contributed by atoms with Crippen LogP contribution in [-0.4, -0.2) is 40.2 Å². The van der Waals surface area contributed by atoms with E-state index in [2.05, 4.69) is 10.4 Å². The van der Waals surface area contributed by atoms with E-state index < -0.39 is 4.92 Å². The first-order valence-corrected chi connectivity index (χ1v) is 7.15. The molecule has 0 bridgehead atoms. The van der Waals surface area contributed by atoms with E-state index in [1.807, 2.05) is 25.1 Å². The van der Waals surface area contributed by atoms with Crippen LogP contribution in [0, 0.1) is 22.9 Å². The molecule has 0 aliphatic carbocycles. The number of hydrogen-bond donors (Lipinski definition) is 1. The third-order valence-electron chi connectivity index (χ3n) is 3.69. The Hall–Kier alpha value is -2.48. The number of benzene rings is 1. The Morgan fingerprint density at radius 1 is 1.48 bits per heavy atom. The van der Waals surface area contributed by atoms with Gasteiger partial charge in [0.1, 0.15) is 11.5 Å². The Balaban J connectivity index is 2.25. The summed E-state index contributed by atoms with van der Waals surface area (Å²) in [6.45, 7) is 1.98. The normalized spacial score (nSPS) is 12.4. The number of aromatic nitrogens is 2. The summed E-state index contributed by atoms with van der Waals surface area (Å²) in [5, 5.41) is 18.4. The summed E-state index contributed by atoms with van der Waals surface area (Å²) >= 11 is 0. The lowest BCUT2D eigenvalue weighted by atomic mass is 10.1. The molecule has 1 N–H and O–H groups in total. The number of halogens is 1. The van der Waals surface area contributed by atoms with Crippen molar-refractivity contribution in [1.29, 1.82) is 0 Å². The van der Waals surface area contributed by atoms with E-state index >= 15 is 0 Å². The monoisotopic (exact) mass is 321 g/mol. The number of hydrogen-bond acceptors (Lipinski definition) is 5. The lowest BCUT2D eigenvalue weighted by Crippen LogP contribution is -2.27. The van der Waals surface area contributed by atoms with E-state index in [0.717, 1.165) is 5.56 Å². The maximum absolute atomic E-state index is 13.4. The van der Waals surface area contributed by atoms with Crippen molar-refractivity contribution in [2.24, 2.45) is 7.05 Å². The molecule has 0 aliphatic rings. The lowest BCUT2D eigenvalue weighted by Gasteiger charge is -2.25. The van der Waals surface area contributed by atoms with E-state index in [4.69, 9.17) is 0 Å². The van der Waals surface area contributed by atoms with Gasteiger partial charge in [-0.05, 0) is 38.7 Å². The summed E-state index contributed by atoms with van der Waals surface area (Å²) in [6.07, 6.45) is 0. The molecular formula is C15H20FN5O2. The van der Waals surface area contributed by atoms with Gasteiger partial charge in [0.15, 0.2) is 0 Å². The molecule has 124 valence electrons. The van der Waals surface area contributed by atoms with Crippen LogP contribution < -0.4 is 5.32 Å². The van der Waals surface area contributed by atoms with Crippen molar-refractivity contribution in [2.45, 2.75) is 13.0 Å². The van der Waals surface area contributed by atoms with Gasteiger partial charge in [-0.3, -0.25) is 10.1 Å². The number of nitrogens with one attached hydrogen (secondary N) is 1. The summed E-state index contributed by atoms with van der Waals surface area (Å²) in [5.41, 5.74) is 1.11. The van der Waals surface area contributed by atoms with Gasteiger partial charge in [-0.2, -0.15) is 5.10 Å². The van der Waals surface area contributed by atoms with Crippen molar-refractivity contribution < 1.29 is 9.31 Å². The van der Waals surface area contributed by atoms with E-state index in [1.54, 1.807) is 20.0 Å². The Morgan fingerprint density at radius 2 is 2.17 bits per heavy atom. The number of likely N-dealkylation sites (N-methyl/N-ethyl adjacent to an activating group) is 1. The van der Waals surface area contributed by atoms with Crippen molar-refractivity contribution in [1.82, 2.24) is 14.7 Å². The van der Waals surface area contributed by atoms with Crippen molar-refractivity contribution >= 4 is 11.5 Å². The Morgan fingerprint density at radius 3 is 2.74 bits per heavy atom. The Labute approximate surface area is 133 Å². The SMILES string of the molecule is Cc1nn(C)c(NC[C@H](c2cccc(F)c2)N(C)C)c1[N+](=O)[O-]. The maximum atomic E-state index is 13.4. The largest absolute Gasteiger partial charge is 0.363 e. The summed E-state index contributed by atoms with van der Waals surface area (Å²) in [6, 6.07) is 6.20. The van der Waals surface area contributed by atoms with Crippen molar-refractivity contribution in [2.75, 3.05) is 26.0 Å².